The average molecular weight is 340 g/mol. The maximum atomic E-state index is 5.90. The van der Waals surface area contributed by atoms with Gasteiger partial charge in [-0.1, -0.05) is 36.0 Å². The molecule has 0 radical (unpaired) electrons. The van der Waals surface area contributed by atoms with Crippen LogP contribution in [0, 0.1) is 6.92 Å². The molecule has 6 nitrogen and oxygen atoms in total. The van der Waals surface area contributed by atoms with E-state index >= 15 is 0 Å². The molecule has 124 valence electrons. The molecule has 0 amide bonds. The molecule has 1 aromatic carbocycles. The minimum absolute atomic E-state index is 0.471. The molecule has 7 heteroatoms. The van der Waals surface area contributed by atoms with E-state index in [1.807, 2.05) is 29.1 Å². The first-order valence-corrected chi connectivity index (χ1v) is 8.72. The van der Waals surface area contributed by atoms with Gasteiger partial charge in [0.05, 0.1) is 6.54 Å². The Bertz CT molecular complexity index is 788. The Kier molecular flexibility index (Phi) is 5.32. The van der Waals surface area contributed by atoms with Crippen LogP contribution in [0.5, 0.6) is 0 Å². The Balaban J connectivity index is 1.60. The number of anilines is 2. The van der Waals surface area contributed by atoms with Gasteiger partial charge in [-0.15, -0.1) is 0 Å². The predicted molar refractivity (Wildman–Crippen MR) is 97.9 cm³/mol. The second kappa shape index (κ2) is 7.83. The zero-order valence-electron chi connectivity index (χ0n) is 13.5. The molecular formula is C17H20N6S. The van der Waals surface area contributed by atoms with Gasteiger partial charge in [0.25, 0.3) is 0 Å². The third-order valence-corrected chi connectivity index (χ3v) is 4.45. The lowest BCUT2D eigenvalue weighted by molar-refractivity contribution is 0.636. The van der Waals surface area contributed by atoms with Crippen LogP contribution in [0.25, 0.3) is 0 Å². The molecule has 2 heterocycles. The number of nitrogen functional groups attached to an aromatic ring is 1. The molecule has 24 heavy (non-hydrogen) atoms. The van der Waals surface area contributed by atoms with Crippen molar-refractivity contribution in [2.45, 2.75) is 24.4 Å². The average Bonchev–Trinajstić information content (AvgIpc) is 3.07. The minimum Gasteiger partial charge on any atom is -0.383 e. The van der Waals surface area contributed by atoms with Crippen molar-refractivity contribution in [3.05, 3.63) is 59.9 Å². The molecule has 0 atom stereocenters. The number of aromatic nitrogens is 4. The van der Waals surface area contributed by atoms with Gasteiger partial charge in [0.2, 0.25) is 0 Å². The molecule has 0 saturated carbocycles. The summed E-state index contributed by atoms with van der Waals surface area (Å²) in [5, 5.41) is 8.12. The Labute approximate surface area is 145 Å². The maximum absolute atomic E-state index is 5.90. The fourth-order valence-electron chi connectivity index (χ4n) is 2.24. The topological polar surface area (TPSA) is 81.6 Å². The van der Waals surface area contributed by atoms with E-state index in [2.05, 4.69) is 39.4 Å². The molecule has 2 aromatic heterocycles. The van der Waals surface area contributed by atoms with Gasteiger partial charge in [-0.05, 0) is 24.1 Å². The maximum Gasteiger partial charge on any atom is 0.191 e. The van der Waals surface area contributed by atoms with Crippen LogP contribution in [0.4, 0.5) is 11.6 Å². The number of aryl methyl sites for hydroxylation is 1. The first-order valence-electron chi connectivity index (χ1n) is 7.74. The lowest BCUT2D eigenvalue weighted by Gasteiger charge is -2.09. The van der Waals surface area contributed by atoms with Gasteiger partial charge in [0.15, 0.2) is 5.16 Å². The van der Waals surface area contributed by atoms with Crippen LogP contribution in [-0.2, 0) is 12.3 Å². The lowest BCUT2D eigenvalue weighted by atomic mass is 10.1. The van der Waals surface area contributed by atoms with Crippen LogP contribution >= 0.6 is 11.8 Å². The number of thioether (sulfide) groups is 1. The molecule has 0 saturated heterocycles. The van der Waals surface area contributed by atoms with Gasteiger partial charge in [-0.3, -0.25) is 4.68 Å². The monoisotopic (exact) mass is 340 g/mol. The van der Waals surface area contributed by atoms with E-state index in [1.54, 1.807) is 24.0 Å². The van der Waals surface area contributed by atoms with Gasteiger partial charge in [-0.2, -0.15) is 5.10 Å². The van der Waals surface area contributed by atoms with E-state index in [0.29, 0.717) is 11.0 Å². The van der Waals surface area contributed by atoms with Crippen LogP contribution in [0.1, 0.15) is 11.1 Å². The number of rotatable bonds is 7. The third kappa shape index (κ3) is 4.48. The molecule has 0 aliphatic carbocycles. The number of benzene rings is 1. The highest BCUT2D eigenvalue weighted by molar-refractivity contribution is 7.98. The summed E-state index contributed by atoms with van der Waals surface area (Å²) in [6, 6.07) is 12.0. The van der Waals surface area contributed by atoms with E-state index in [9.17, 15) is 0 Å². The fourth-order valence-corrected chi connectivity index (χ4v) is 3.19. The molecule has 0 fully saturated rings. The van der Waals surface area contributed by atoms with Crippen LogP contribution in [0.2, 0.25) is 0 Å². The minimum atomic E-state index is 0.471. The van der Waals surface area contributed by atoms with E-state index in [1.165, 1.54) is 11.1 Å². The Hall–Kier alpha value is -2.54. The molecule has 0 aliphatic heterocycles. The second-order valence-corrected chi connectivity index (χ2v) is 6.31. The number of hydrogen-bond donors (Lipinski definition) is 2. The third-order valence-electron chi connectivity index (χ3n) is 3.55. The summed E-state index contributed by atoms with van der Waals surface area (Å²) in [6.07, 6.45) is 3.70. The molecule has 0 aliphatic rings. The largest absolute Gasteiger partial charge is 0.383 e. The summed E-state index contributed by atoms with van der Waals surface area (Å²) in [5.41, 5.74) is 8.45. The first kappa shape index (κ1) is 16.3. The number of nitrogens with two attached hydrogens (primary N) is 1. The van der Waals surface area contributed by atoms with E-state index in [-0.39, 0.29) is 0 Å². The summed E-state index contributed by atoms with van der Waals surface area (Å²) in [6.45, 7) is 3.60. The molecular weight excluding hydrogens is 320 g/mol. The summed E-state index contributed by atoms with van der Waals surface area (Å²) in [7, 11) is 0. The highest BCUT2D eigenvalue weighted by Gasteiger charge is 2.05. The van der Waals surface area contributed by atoms with Crippen LogP contribution in [0.3, 0.4) is 0 Å². The smallest absolute Gasteiger partial charge is 0.191 e. The standard InChI is InChI=1S/C17H20N6S/c1-13-5-2-3-6-14(13)12-24-17-21-15(18)11-16(22-17)19-8-10-23-9-4-7-20-23/h2-7,9,11H,8,10,12H2,1H3,(H3,18,19,21,22). The zero-order chi connectivity index (χ0) is 16.8. The number of nitrogens with one attached hydrogen (secondary N) is 1. The Morgan fingerprint density at radius 1 is 1.21 bits per heavy atom. The number of hydrogen-bond acceptors (Lipinski definition) is 6. The van der Waals surface area contributed by atoms with Crippen molar-refractivity contribution in [3.8, 4) is 0 Å². The van der Waals surface area contributed by atoms with Crippen LogP contribution in [0.15, 0.2) is 53.9 Å². The predicted octanol–water partition coefficient (Wildman–Crippen LogP) is 2.97. The van der Waals surface area contributed by atoms with Gasteiger partial charge in [-0.25, -0.2) is 9.97 Å². The normalized spacial score (nSPS) is 10.7. The molecule has 0 unspecified atom stereocenters. The van der Waals surface area contributed by atoms with E-state index in [0.717, 1.165) is 24.7 Å². The summed E-state index contributed by atoms with van der Waals surface area (Å²) >= 11 is 1.59. The summed E-state index contributed by atoms with van der Waals surface area (Å²) in [5.74, 6) is 2.03. The van der Waals surface area contributed by atoms with Crippen molar-refractivity contribution < 1.29 is 0 Å². The SMILES string of the molecule is Cc1ccccc1CSc1nc(N)cc(NCCn2cccn2)n1. The highest BCUT2D eigenvalue weighted by atomic mass is 32.2. The van der Waals surface area contributed by atoms with E-state index in [4.69, 9.17) is 5.73 Å². The number of nitrogens with zero attached hydrogens (tertiary/aromatic N) is 4. The molecule has 3 N–H and O–H groups in total. The zero-order valence-corrected chi connectivity index (χ0v) is 14.3. The Morgan fingerprint density at radius 3 is 2.88 bits per heavy atom. The van der Waals surface area contributed by atoms with Crippen molar-refractivity contribution in [3.63, 3.8) is 0 Å². The van der Waals surface area contributed by atoms with Crippen molar-refractivity contribution in [1.82, 2.24) is 19.7 Å². The molecule has 3 rings (SSSR count). The second-order valence-electron chi connectivity index (χ2n) is 5.37. The van der Waals surface area contributed by atoms with Gasteiger partial charge in [0.1, 0.15) is 11.6 Å². The quantitative estimate of drug-likeness (QED) is 0.508. The summed E-state index contributed by atoms with van der Waals surface area (Å²) < 4.78 is 1.87. The fraction of sp³-hybridized carbons (Fsp3) is 0.235. The first-order chi connectivity index (χ1) is 11.7. The van der Waals surface area contributed by atoms with Gasteiger partial charge in [0, 0.05) is 30.8 Å². The molecule has 3 aromatic rings. The van der Waals surface area contributed by atoms with Crippen LogP contribution in [-0.4, -0.2) is 26.3 Å². The molecule has 0 spiro atoms. The van der Waals surface area contributed by atoms with E-state index < -0.39 is 0 Å². The molecule has 0 bridgehead atoms. The van der Waals surface area contributed by atoms with Crippen molar-refractivity contribution in [2.24, 2.45) is 0 Å². The van der Waals surface area contributed by atoms with Gasteiger partial charge >= 0.3 is 0 Å². The van der Waals surface area contributed by atoms with Crippen molar-refractivity contribution in [2.75, 3.05) is 17.6 Å². The van der Waals surface area contributed by atoms with Crippen LogP contribution < -0.4 is 11.1 Å². The van der Waals surface area contributed by atoms with Crippen molar-refractivity contribution >= 4 is 23.4 Å². The van der Waals surface area contributed by atoms with Crippen molar-refractivity contribution in [1.29, 1.82) is 0 Å². The Morgan fingerprint density at radius 2 is 2.08 bits per heavy atom. The summed E-state index contributed by atoms with van der Waals surface area (Å²) in [4.78, 5) is 8.84. The van der Waals surface area contributed by atoms with Gasteiger partial charge < -0.3 is 11.1 Å². The lowest BCUT2D eigenvalue weighted by Crippen LogP contribution is -2.12. The highest BCUT2D eigenvalue weighted by Crippen LogP contribution is 2.23.